The lowest BCUT2D eigenvalue weighted by Crippen LogP contribution is -2.42. The molecule has 0 aliphatic carbocycles. The van der Waals surface area contributed by atoms with Crippen molar-refractivity contribution in [2.75, 3.05) is 26.2 Å². The summed E-state index contributed by atoms with van der Waals surface area (Å²) in [5.41, 5.74) is 0. The molecule has 0 spiro atoms. The Labute approximate surface area is 113 Å². The maximum atomic E-state index is 11.7. The van der Waals surface area contributed by atoms with Gasteiger partial charge >= 0.3 is 0 Å². The van der Waals surface area contributed by atoms with E-state index in [-0.39, 0.29) is 17.9 Å². The number of hydrogen-bond acceptors (Lipinski definition) is 4. The smallest absolute Gasteiger partial charge is 0.242 e. The monoisotopic (exact) mass is 269 g/mol. The predicted molar refractivity (Wildman–Crippen MR) is 70.6 cm³/mol. The molecule has 2 aliphatic rings. The fourth-order valence-electron chi connectivity index (χ4n) is 2.43. The van der Waals surface area contributed by atoms with Crippen molar-refractivity contribution in [2.24, 2.45) is 0 Å². The van der Waals surface area contributed by atoms with E-state index in [4.69, 9.17) is 4.74 Å². The molecule has 2 saturated heterocycles. The number of amides is 2. The summed E-state index contributed by atoms with van der Waals surface area (Å²) >= 11 is 0. The molecule has 0 aromatic carbocycles. The topological polar surface area (TPSA) is 79.5 Å². The molecule has 2 rings (SSSR count). The SMILES string of the molecule is O=C1CC[C@@H](C(=O)NCCCOC2CCNCC2)N1. The van der Waals surface area contributed by atoms with Gasteiger partial charge in [-0.25, -0.2) is 0 Å². The summed E-state index contributed by atoms with van der Waals surface area (Å²) in [5.74, 6) is -0.109. The number of piperidine rings is 1. The van der Waals surface area contributed by atoms with Gasteiger partial charge in [0.05, 0.1) is 6.10 Å². The van der Waals surface area contributed by atoms with E-state index in [9.17, 15) is 9.59 Å². The van der Waals surface area contributed by atoms with Crippen molar-refractivity contribution >= 4 is 11.8 Å². The maximum absolute atomic E-state index is 11.7. The molecule has 0 aromatic heterocycles. The Morgan fingerprint density at radius 3 is 2.79 bits per heavy atom. The molecular formula is C13H23N3O3. The summed E-state index contributed by atoms with van der Waals surface area (Å²) in [6.07, 6.45) is 4.39. The Kier molecular flexibility index (Phi) is 5.60. The Hall–Kier alpha value is -1.14. The zero-order valence-electron chi connectivity index (χ0n) is 11.2. The van der Waals surface area contributed by atoms with Crippen molar-refractivity contribution in [3.8, 4) is 0 Å². The summed E-state index contributed by atoms with van der Waals surface area (Å²) < 4.78 is 5.75. The molecule has 108 valence electrons. The van der Waals surface area contributed by atoms with Gasteiger partial charge in [0.25, 0.3) is 0 Å². The van der Waals surface area contributed by atoms with Crippen molar-refractivity contribution in [1.82, 2.24) is 16.0 Å². The van der Waals surface area contributed by atoms with Gasteiger partial charge in [0.2, 0.25) is 11.8 Å². The molecular weight excluding hydrogens is 246 g/mol. The molecule has 1 atom stereocenters. The van der Waals surface area contributed by atoms with E-state index in [1.807, 2.05) is 0 Å². The van der Waals surface area contributed by atoms with Gasteiger partial charge in [-0.3, -0.25) is 9.59 Å². The van der Waals surface area contributed by atoms with Crippen molar-refractivity contribution < 1.29 is 14.3 Å². The van der Waals surface area contributed by atoms with Gasteiger partial charge in [-0.15, -0.1) is 0 Å². The van der Waals surface area contributed by atoms with Crippen LogP contribution in [0.5, 0.6) is 0 Å². The van der Waals surface area contributed by atoms with Crippen LogP contribution in [0.25, 0.3) is 0 Å². The number of carbonyl (C=O) groups is 2. The molecule has 0 bridgehead atoms. The van der Waals surface area contributed by atoms with E-state index in [2.05, 4.69) is 16.0 Å². The third kappa shape index (κ3) is 4.80. The maximum Gasteiger partial charge on any atom is 0.242 e. The van der Waals surface area contributed by atoms with Crippen molar-refractivity contribution in [2.45, 2.75) is 44.2 Å². The average Bonchev–Trinajstić information content (AvgIpc) is 2.86. The van der Waals surface area contributed by atoms with Gasteiger partial charge in [-0.2, -0.15) is 0 Å². The molecule has 2 aliphatic heterocycles. The highest BCUT2D eigenvalue weighted by Gasteiger charge is 2.26. The molecule has 3 N–H and O–H groups in total. The zero-order valence-corrected chi connectivity index (χ0v) is 11.2. The summed E-state index contributed by atoms with van der Waals surface area (Å²) in [6.45, 7) is 3.35. The molecule has 6 heteroatoms. The first-order chi connectivity index (χ1) is 9.25. The minimum atomic E-state index is -0.335. The van der Waals surface area contributed by atoms with Crippen LogP contribution in [0.4, 0.5) is 0 Å². The minimum Gasteiger partial charge on any atom is -0.378 e. The standard InChI is InChI=1S/C13H23N3O3/c17-12-3-2-11(16-12)13(18)15-6-1-9-19-10-4-7-14-8-5-10/h10-11,14H,1-9H2,(H,15,18)(H,16,17)/t11-/m0/s1. The lowest BCUT2D eigenvalue weighted by molar-refractivity contribution is -0.125. The molecule has 2 amide bonds. The molecule has 19 heavy (non-hydrogen) atoms. The summed E-state index contributed by atoms with van der Waals surface area (Å²) in [4.78, 5) is 22.7. The number of nitrogens with one attached hydrogen (secondary N) is 3. The van der Waals surface area contributed by atoms with Crippen LogP contribution in [0.3, 0.4) is 0 Å². The summed E-state index contributed by atoms with van der Waals surface area (Å²) in [7, 11) is 0. The van der Waals surface area contributed by atoms with Gasteiger partial charge in [0.1, 0.15) is 6.04 Å². The molecule has 6 nitrogen and oxygen atoms in total. The Balaban J connectivity index is 1.49. The van der Waals surface area contributed by atoms with Crippen LogP contribution >= 0.6 is 0 Å². The second-order valence-corrected chi connectivity index (χ2v) is 5.12. The second kappa shape index (κ2) is 7.45. The molecule has 0 aromatic rings. The second-order valence-electron chi connectivity index (χ2n) is 5.12. The third-order valence-electron chi connectivity index (χ3n) is 3.57. The highest BCUT2D eigenvalue weighted by atomic mass is 16.5. The lowest BCUT2D eigenvalue weighted by Gasteiger charge is -2.22. The van der Waals surface area contributed by atoms with Crippen molar-refractivity contribution in [1.29, 1.82) is 0 Å². The first kappa shape index (κ1) is 14.3. The number of ether oxygens (including phenoxy) is 1. The number of hydrogen-bond donors (Lipinski definition) is 3. The van der Waals surface area contributed by atoms with Crippen molar-refractivity contribution in [3.05, 3.63) is 0 Å². The van der Waals surface area contributed by atoms with Crippen LogP contribution in [0, 0.1) is 0 Å². The van der Waals surface area contributed by atoms with Gasteiger partial charge in [-0.05, 0) is 38.8 Å². The fraction of sp³-hybridized carbons (Fsp3) is 0.846. The van der Waals surface area contributed by atoms with Crippen LogP contribution in [0.1, 0.15) is 32.1 Å². The number of carbonyl (C=O) groups excluding carboxylic acids is 2. The van der Waals surface area contributed by atoms with Gasteiger partial charge < -0.3 is 20.7 Å². The summed E-state index contributed by atoms with van der Waals surface area (Å²) in [6, 6.07) is -0.335. The van der Waals surface area contributed by atoms with E-state index in [1.54, 1.807) is 0 Å². The zero-order chi connectivity index (χ0) is 13.5. The van der Waals surface area contributed by atoms with Crippen LogP contribution < -0.4 is 16.0 Å². The van der Waals surface area contributed by atoms with Crippen molar-refractivity contribution in [3.63, 3.8) is 0 Å². The Morgan fingerprint density at radius 2 is 2.11 bits per heavy atom. The molecule has 0 radical (unpaired) electrons. The first-order valence-corrected chi connectivity index (χ1v) is 7.15. The lowest BCUT2D eigenvalue weighted by atomic mass is 10.1. The normalized spacial score (nSPS) is 24.2. The van der Waals surface area contributed by atoms with Gasteiger partial charge in [-0.1, -0.05) is 0 Å². The average molecular weight is 269 g/mol. The molecule has 0 unspecified atom stereocenters. The van der Waals surface area contributed by atoms with Crippen LogP contribution in [0.2, 0.25) is 0 Å². The van der Waals surface area contributed by atoms with E-state index >= 15 is 0 Å². The van der Waals surface area contributed by atoms with E-state index < -0.39 is 0 Å². The highest BCUT2D eigenvalue weighted by molar-refractivity contribution is 5.90. The van der Waals surface area contributed by atoms with E-state index in [0.717, 1.165) is 32.4 Å². The Morgan fingerprint density at radius 1 is 1.32 bits per heavy atom. The first-order valence-electron chi connectivity index (χ1n) is 7.15. The van der Waals surface area contributed by atoms with Crippen LogP contribution in [-0.4, -0.2) is 50.2 Å². The quantitative estimate of drug-likeness (QED) is 0.570. The highest BCUT2D eigenvalue weighted by Crippen LogP contribution is 2.08. The number of rotatable bonds is 6. The molecule has 0 saturated carbocycles. The third-order valence-corrected chi connectivity index (χ3v) is 3.57. The van der Waals surface area contributed by atoms with Gasteiger partial charge in [0.15, 0.2) is 0 Å². The predicted octanol–water partition coefficient (Wildman–Crippen LogP) is -0.460. The van der Waals surface area contributed by atoms with Gasteiger partial charge in [0, 0.05) is 19.6 Å². The largest absolute Gasteiger partial charge is 0.378 e. The fourth-order valence-corrected chi connectivity index (χ4v) is 2.43. The molecule has 2 heterocycles. The minimum absolute atomic E-state index is 0.0330. The van der Waals surface area contributed by atoms with Crippen LogP contribution in [-0.2, 0) is 14.3 Å². The summed E-state index contributed by atoms with van der Waals surface area (Å²) in [5, 5.41) is 8.79. The van der Waals surface area contributed by atoms with E-state index in [1.165, 1.54) is 0 Å². The van der Waals surface area contributed by atoms with Crippen LogP contribution in [0.15, 0.2) is 0 Å². The Bertz CT molecular complexity index is 316. The molecule has 2 fully saturated rings. The van der Waals surface area contributed by atoms with E-state index in [0.29, 0.717) is 32.1 Å².